The molecule has 0 bridgehead atoms. The average molecular weight is 333 g/mol. The summed E-state index contributed by atoms with van der Waals surface area (Å²) in [6, 6.07) is 11.7. The summed E-state index contributed by atoms with van der Waals surface area (Å²) in [6.07, 6.45) is 1.93. The van der Waals surface area contributed by atoms with Gasteiger partial charge in [-0.3, -0.25) is 4.79 Å². The molecule has 0 saturated carbocycles. The van der Waals surface area contributed by atoms with Gasteiger partial charge in [0.2, 0.25) is 0 Å². The molecule has 0 amide bonds. The van der Waals surface area contributed by atoms with Gasteiger partial charge in [-0.15, -0.1) is 0 Å². The van der Waals surface area contributed by atoms with Gasteiger partial charge in [0.15, 0.2) is 5.43 Å². The van der Waals surface area contributed by atoms with Gasteiger partial charge in [0.25, 0.3) is 0 Å². The second-order valence-electron chi connectivity index (χ2n) is 6.12. The Balaban J connectivity index is 2.11. The van der Waals surface area contributed by atoms with E-state index >= 15 is 0 Å². The lowest BCUT2D eigenvalue weighted by Crippen LogP contribution is -1.96. The maximum absolute atomic E-state index is 12.9. The maximum Gasteiger partial charge on any atom is 0.190 e. The largest absolute Gasteiger partial charge is 0.493 e. The number of fused-ring (bicyclic) bond motifs is 2. The third-order valence-corrected chi connectivity index (χ3v) is 4.53. The summed E-state index contributed by atoms with van der Waals surface area (Å²) in [4.78, 5) is 16.2. The summed E-state index contributed by atoms with van der Waals surface area (Å²) in [7, 11) is 0. The highest BCUT2D eigenvalue weighted by atomic mass is 16.5. The standard InChI is InChI=1S/C21H19NO3/c1-4-24-19-10-14(16-11-22-17-8-6-5-7-15(16)17)9-18(23)20-12(2)25-13(3)21(19)20/h5-11,22H,4H2,1-3H3. The van der Waals surface area contributed by atoms with Crippen LogP contribution >= 0.6 is 0 Å². The second kappa shape index (κ2) is 5.81. The molecule has 2 aromatic heterocycles. The highest BCUT2D eigenvalue weighted by molar-refractivity contribution is 5.98. The Morgan fingerprint density at radius 2 is 1.84 bits per heavy atom. The van der Waals surface area contributed by atoms with Crippen LogP contribution in [0, 0.1) is 13.8 Å². The maximum atomic E-state index is 12.9. The van der Waals surface area contributed by atoms with Crippen LogP contribution in [-0.2, 0) is 0 Å². The van der Waals surface area contributed by atoms with Crippen LogP contribution in [0.3, 0.4) is 0 Å². The topological polar surface area (TPSA) is 55.2 Å². The van der Waals surface area contributed by atoms with Crippen LogP contribution in [0.4, 0.5) is 0 Å². The van der Waals surface area contributed by atoms with E-state index in [4.69, 9.17) is 9.15 Å². The van der Waals surface area contributed by atoms with Crippen molar-refractivity contribution in [2.75, 3.05) is 6.61 Å². The molecule has 0 aliphatic rings. The van der Waals surface area contributed by atoms with Crippen molar-refractivity contribution in [1.29, 1.82) is 0 Å². The molecule has 4 nitrogen and oxygen atoms in total. The van der Waals surface area contributed by atoms with Crippen LogP contribution < -0.4 is 10.2 Å². The fourth-order valence-corrected chi connectivity index (χ4v) is 3.48. The molecule has 1 N–H and O–H groups in total. The summed E-state index contributed by atoms with van der Waals surface area (Å²) < 4.78 is 11.6. The van der Waals surface area contributed by atoms with Crippen LogP contribution in [0.1, 0.15) is 18.4 Å². The number of furan rings is 1. The number of aromatic amines is 1. The smallest absolute Gasteiger partial charge is 0.190 e. The van der Waals surface area contributed by atoms with E-state index < -0.39 is 0 Å². The lowest BCUT2D eigenvalue weighted by molar-refractivity contribution is 0.344. The number of aryl methyl sites for hydroxylation is 2. The van der Waals surface area contributed by atoms with Crippen LogP contribution in [0.2, 0.25) is 0 Å². The molecule has 0 aliphatic heterocycles. The van der Waals surface area contributed by atoms with Crippen LogP contribution in [0.15, 0.2) is 51.8 Å². The lowest BCUT2D eigenvalue weighted by atomic mass is 10.1. The first-order valence-corrected chi connectivity index (χ1v) is 8.37. The Bertz CT molecular complexity index is 1150. The van der Waals surface area contributed by atoms with Crippen molar-refractivity contribution in [1.82, 2.24) is 4.98 Å². The van der Waals surface area contributed by atoms with E-state index in [0.29, 0.717) is 29.3 Å². The van der Waals surface area contributed by atoms with Crippen molar-refractivity contribution in [3.05, 3.63) is 64.3 Å². The van der Waals surface area contributed by atoms with Crippen LogP contribution in [0.5, 0.6) is 5.75 Å². The van der Waals surface area contributed by atoms with Gasteiger partial charge in [0.05, 0.1) is 17.4 Å². The van der Waals surface area contributed by atoms with E-state index in [1.54, 1.807) is 6.07 Å². The number of aromatic nitrogens is 1. The molecule has 0 spiro atoms. The molecule has 0 unspecified atom stereocenters. The van der Waals surface area contributed by atoms with Gasteiger partial charge in [-0.1, -0.05) is 18.2 Å². The Labute approximate surface area is 145 Å². The number of para-hydroxylation sites is 1. The third kappa shape index (κ3) is 2.41. The zero-order valence-electron chi connectivity index (χ0n) is 14.5. The normalized spacial score (nSPS) is 11.3. The quantitative estimate of drug-likeness (QED) is 0.577. The number of nitrogens with one attached hydrogen (secondary N) is 1. The van der Waals surface area contributed by atoms with Crippen molar-refractivity contribution >= 4 is 21.7 Å². The molecule has 2 heterocycles. The summed E-state index contributed by atoms with van der Waals surface area (Å²) in [5.74, 6) is 2.00. The third-order valence-electron chi connectivity index (χ3n) is 4.53. The summed E-state index contributed by atoms with van der Waals surface area (Å²) >= 11 is 0. The van der Waals surface area contributed by atoms with Gasteiger partial charge in [0, 0.05) is 22.7 Å². The monoisotopic (exact) mass is 333 g/mol. The molecule has 4 aromatic rings. The van der Waals surface area contributed by atoms with Gasteiger partial charge in [-0.2, -0.15) is 0 Å². The Morgan fingerprint density at radius 1 is 1.08 bits per heavy atom. The van der Waals surface area contributed by atoms with Crippen LogP contribution in [-0.4, -0.2) is 11.6 Å². The number of rotatable bonds is 3. The second-order valence-corrected chi connectivity index (χ2v) is 6.12. The first-order chi connectivity index (χ1) is 12.1. The van der Waals surface area contributed by atoms with Gasteiger partial charge >= 0.3 is 0 Å². The zero-order chi connectivity index (χ0) is 17.6. The van der Waals surface area contributed by atoms with Crippen molar-refractivity contribution in [3.8, 4) is 16.9 Å². The summed E-state index contributed by atoms with van der Waals surface area (Å²) in [5, 5.41) is 2.43. The fourth-order valence-electron chi connectivity index (χ4n) is 3.48. The highest BCUT2D eigenvalue weighted by Crippen LogP contribution is 2.35. The van der Waals surface area contributed by atoms with Crippen molar-refractivity contribution < 1.29 is 9.15 Å². The Hall–Kier alpha value is -3.01. The number of ether oxygens (including phenoxy) is 1. The molecule has 4 rings (SSSR count). The summed E-state index contributed by atoms with van der Waals surface area (Å²) in [6.45, 7) is 6.13. The van der Waals surface area contributed by atoms with E-state index in [9.17, 15) is 4.79 Å². The molecule has 126 valence electrons. The van der Waals surface area contributed by atoms with Crippen molar-refractivity contribution in [3.63, 3.8) is 0 Å². The minimum absolute atomic E-state index is 0.0596. The number of hydrogen-bond donors (Lipinski definition) is 1. The summed E-state index contributed by atoms with van der Waals surface area (Å²) in [5.41, 5.74) is 2.80. The lowest BCUT2D eigenvalue weighted by Gasteiger charge is -2.03. The number of H-pyrrole nitrogens is 1. The molecule has 0 fully saturated rings. The van der Waals surface area contributed by atoms with E-state index in [1.807, 2.05) is 57.3 Å². The SMILES string of the molecule is CCOc1cc(-c2c[nH]c3ccccc23)cc(=O)c2c(C)oc(C)c12. The average Bonchev–Trinajstić information content (AvgIpc) is 3.09. The zero-order valence-corrected chi connectivity index (χ0v) is 14.5. The highest BCUT2D eigenvalue weighted by Gasteiger charge is 2.17. The first-order valence-electron chi connectivity index (χ1n) is 8.37. The minimum Gasteiger partial charge on any atom is -0.493 e. The van der Waals surface area contributed by atoms with Gasteiger partial charge in [0.1, 0.15) is 17.3 Å². The van der Waals surface area contributed by atoms with E-state index in [0.717, 1.165) is 27.4 Å². The number of benzene rings is 1. The van der Waals surface area contributed by atoms with Gasteiger partial charge in [-0.05, 0) is 44.5 Å². The Morgan fingerprint density at radius 3 is 2.64 bits per heavy atom. The van der Waals surface area contributed by atoms with Crippen LogP contribution in [0.25, 0.3) is 32.8 Å². The Kier molecular flexibility index (Phi) is 3.61. The van der Waals surface area contributed by atoms with Crippen molar-refractivity contribution in [2.24, 2.45) is 0 Å². The molecule has 25 heavy (non-hydrogen) atoms. The molecular formula is C21H19NO3. The van der Waals surface area contributed by atoms with Crippen molar-refractivity contribution in [2.45, 2.75) is 20.8 Å². The number of hydrogen-bond acceptors (Lipinski definition) is 3. The van der Waals surface area contributed by atoms with E-state index in [-0.39, 0.29) is 5.43 Å². The van der Waals surface area contributed by atoms with Gasteiger partial charge in [-0.25, -0.2) is 0 Å². The molecule has 0 aliphatic carbocycles. The van der Waals surface area contributed by atoms with Gasteiger partial charge < -0.3 is 14.1 Å². The molecule has 0 atom stereocenters. The van der Waals surface area contributed by atoms with E-state index in [1.165, 1.54) is 0 Å². The molecule has 4 heteroatoms. The predicted molar refractivity (Wildman–Crippen MR) is 100 cm³/mol. The van der Waals surface area contributed by atoms with E-state index in [2.05, 4.69) is 4.98 Å². The molecule has 0 saturated heterocycles. The first kappa shape index (κ1) is 15.5. The molecular weight excluding hydrogens is 314 g/mol. The fraction of sp³-hybridized carbons (Fsp3) is 0.190. The molecule has 0 radical (unpaired) electrons. The molecule has 2 aromatic carbocycles. The predicted octanol–water partition coefficient (Wildman–Crippen LogP) is 4.96. The minimum atomic E-state index is -0.0596.